The van der Waals surface area contributed by atoms with Crippen molar-refractivity contribution in [3.05, 3.63) is 85.5 Å². The Bertz CT molecular complexity index is 1350. The molecule has 3 fully saturated rings. The number of thioether (sulfide) groups is 1. The zero-order valence-corrected chi connectivity index (χ0v) is 26.3. The molecule has 0 aliphatic carbocycles. The number of anilines is 1. The Morgan fingerprint density at radius 2 is 1.77 bits per heavy atom. The van der Waals surface area contributed by atoms with Crippen LogP contribution in [0.1, 0.15) is 37.7 Å². The summed E-state index contributed by atoms with van der Waals surface area (Å²) >= 11 is 1.68. The number of hydrogen-bond donors (Lipinski definition) is 1. The summed E-state index contributed by atoms with van der Waals surface area (Å²) in [6.07, 6.45) is 6.97. The predicted octanol–water partition coefficient (Wildman–Crippen LogP) is 4.68. The highest BCUT2D eigenvalue weighted by atomic mass is 32.2. The molecule has 3 aliphatic rings. The van der Waals surface area contributed by atoms with Crippen molar-refractivity contribution in [3.63, 3.8) is 0 Å². The van der Waals surface area contributed by atoms with E-state index in [1.165, 1.54) is 0 Å². The van der Waals surface area contributed by atoms with Crippen molar-refractivity contribution in [1.82, 2.24) is 9.80 Å². The first-order chi connectivity index (χ1) is 21.4. The lowest BCUT2D eigenvalue weighted by Crippen LogP contribution is -2.55. The minimum Gasteiger partial charge on any atom is -0.497 e. The fraction of sp³-hybridized carbons (Fsp3) is 0.457. The van der Waals surface area contributed by atoms with Gasteiger partial charge in [0.1, 0.15) is 11.8 Å². The summed E-state index contributed by atoms with van der Waals surface area (Å²) < 4.78 is 4.64. The van der Waals surface area contributed by atoms with Crippen molar-refractivity contribution >= 4 is 35.2 Å². The summed E-state index contributed by atoms with van der Waals surface area (Å²) in [7, 11) is 1.60. The smallest absolute Gasteiger partial charge is 0.251 e. The third-order valence-electron chi connectivity index (χ3n) is 9.22. The number of hydrogen-bond acceptors (Lipinski definition) is 6. The number of ether oxygens (including phenoxy) is 1. The van der Waals surface area contributed by atoms with Gasteiger partial charge in [-0.1, -0.05) is 42.5 Å². The minimum atomic E-state index is -0.703. The Kier molecular flexibility index (Phi) is 10.2. The lowest BCUT2D eigenvalue weighted by atomic mass is 9.70. The van der Waals surface area contributed by atoms with E-state index in [1.807, 2.05) is 54.6 Å². The fourth-order valence-corrected chi connectivity index (χ4v) is 9.50. The summed E-state index contributed by atoms with van der Waals surface area (Å²) in [6.45, 7) is 9.40. The van der Waals surface area contributed by atoms with Crippen molar-refractivity contribution in [2.45, 2.75) is 54.7 Å². The molecular weight excluding hydrogens is 574 g/mol. The van der Waals surface area contributed by atoms with E-state index in [2.05, 4.69) is 13.2 Å². The molecule has 5 rings (SSSR count). The molecule has 9 heteroatoms. The SMILES string of the molecule is C=CCN(Cc1ccccc1)C(=O)[C@@H]1[C@H]2C(=O)N(CCCCCO)C(C(=O)N(CC=C)c3ccc(OC)cc3)C23CC[C@H]1S3. The molecule has 2 unspecified atom stereocenters. The van der Waals surface area contributed by atoms with Gasteiger partial charge in [0.2, 0.25) is 11.8 Å². The molecule has 1 N–H and O–H groups in total. The molecule has 5 atom stereocenters. The van der Waals surface area contributed by atoms with Gasteiger partial charge in [0.05, 0.1) is 23.7 Å². The van der Waals surface area contributed by atoms with Crippen LogP contribution >= 0.6 is 11.8 Å². The van der Waals surface area contributed by atoms with Gasteiger partial charge in [0, 0.05) is 43.7 Å². The molecule has 0 aromatic heterocycles. The average molecular weight is 618 g/mol. The standard InChI is InChI=1S/C35H43N3O5S/c1-4-20-36(24-25-12-8-6-9-13-25)32(40)29-28-18-19-35(44-28)30(29)33(41)38(22-10-7-11-23-39)31(35)34(42)37(21-5-2)26-14-16-27(43-3)17-15-26/h4-6,8-9,12-17,28-31,39H,1-2,7,10-11,18-24H2,3H3/t28-,29+,30+,31?,35?/m1/s1. The van der Waals surface area contributed by atoms with Crippen LogP contribution in [-0.2, 0) is 20.9 Å². The number of likely N-dealkylation sites (tertiary alicyclic amines) is 1. The summed E-state index contributed by atoms with van der Waals surface area (Å²) in [6, 6.07) is 16.5. The maximum absolute atomic E-state index is 14.7. The molecule has 2 aromatic carbocycles. The zero-order chi connectivity index (χ0) is 31.3. The summed E-state index contributed by atoms with van der Waals surface area (Å²) in [5.41, 5.74) is 1.72. The molecule has 0 radical (unpaired) electrons. The third kappa shape index (κ3) is 5.92. The Labute approximate surface area is 264 Å². The second-order valence-electron chi connectivity index (χ2n) is 11.8. The van der Waals surface area contributed by atoms with E-state index in [9.17, 15) is 19.5 Å². The molecule has 2 bridgehead atoms. The quantitative estimate of drug-likeness (QED) is 0.231. The second kappa shape index (κ2) is 14.0. The van der Waals surface area contributed by atoms with E-state index in [1.54, 1.807) is 45.7 Å². The third-order valence-corrected chi connectivity index (χ3v) is 11.2. The summed E-state index contributed by atoms with van der Waals surface area (Å²) in [5, 5.41) is 9.32. The highest BCUT2D eigenvalue weighted by Gasteiger charge is 2.74. The normalized spacial score (nSPS) is 25.0. The largest absolute Gasteiger partial charge is 0.497 e. The van der Waals surface area contributed by atoms with Gasteiger partial charge in [-0.25, -0.2) is 0 Å². The van der Waals surface area contributed by atoms with Gasteiger partial charge in [-0.2, -0.15) is 0 Å². The Morgan fingerprint density at radius 1 is 1.05 bits per heavy atom. The molecule has 8 nitrogen and oxygen atoms in total. The van der Waals surface area contributed by atoms with E-state index in [-0.39, 0.29) is 36.1 Å². The second-order valence-corrected chi connectivity index (χ2v) is 13.4. The van der Waals surface area contributed by atoms with Crippen molar-refractivity contribution in [3.8, 4) is 5.75 Å². The molecular formula is C35H43N3O5S. The van der Waals surface area contributed by atoms with E-state index < -0.39 is 22.6 Å². The van der Waals surface area contributed by atoms with Crippen LogP contribution < -0.4 is 9.64 Å². The Balaban J connectivity index is 1.50. The number of methoxy groups -OCH3 is 1. The predicted molar refractivity (Wildman–Crippen MR) is 174 cm³/mol. The molecule has 234 valence electrons. The number of aliphatic hydroxyl groups is 1. The van der Waals surface area contributed by atoms with Crippen molar-refractivity contribution in [2.24, 2.45) is 11.8 Å². The lowest BCUT2D eigenvalue weighted by molar-refractivity contribution is -0.144. The number of aliphatic hydroxyl groups excluding tert-OH is 1. The number of benzene rings is 2. The number of amides is 3. The van der Waals surface area contributed by atoms with Crippen LogP contribution in [-0.4, -0.2) is 82.0 Å². The molecule has 3 amide bonds. The Hall–Kier alpha value is -3.56. The topological polar surface area (TPSA) is 90.4 Å². The fourth-order valence-electron chi connectivity index (χ4n) is 7.29. The van der Waals surface area contributed by atoms with Crippen molar-refractivity contribution < 1.29 is 24.2 Å². The maximum atomic E-state index is 14.7. The Morgan fingerprint density at radius 3 is 2.43 bits per heavy atom. The molecule has 3 aliphatic heterocycles. The molecule has 3 saturated heterocycles. The van der Waals surface area contributed by atoms with Gasteiger partial charge in [-0.15, -0.1) is 24.9 Å². The number of fused-ring (bicyclic) bond motifs is 1. The number of nitrogens with zero attached hydrogens (tertiary/aromatic N) is 3. The number of unbranched alkanes of at least 4 members (excludes halogenated alkanes) is 2. The number of rotatable bonds is 15. The van der Waals surface area contributed by atoms with Gasteiger partial charge < -0.3 is 24.5 Å². The van der Waals surface area contributed by atoms with E-state index in [0.29, 0.717) is 50.3 Å². The number of carbonyl (C=O) groups excluding carboxylic acids is 3. The van der Waals surface area contributed by atoms with E-state index in [0.717, 1.165) is 18.4 Å². The van der Waals surface area contributed by atoms with Gasteiger partial charge in [-0.05, 0) is 61.9 Å². The average Bonchev–Trinajstić information content (AvgIpc) is 3.69. The van der Waals surface area contributed by atoms with Crippen LogP contribution in [0.3, 0.4) is 0 Å². The molecule has 44 heavy (non-hydrogen) atoms. The first-order valence-electron chi connectivity index (χ1n) is 15.5. The van der Waals surface area contributed by atoms with E-state index >= 15 is 0 Å². The van der Waals surface area contributed by atoms with Crippen LogP contribution in [0.25, 0.3) is 0 Å². The highest BCUT2D eigenvalue weighted by Crippen LogP contribution is 2.66. The molecule has 3 heterocycles. The number of carbonyl (C=O) groups is 3. The van der Waals surface area contributed by atoms with Crippen LogP contribution in [0.4, 0.5) is 5.69 Å². The van der Waals surface area contributed by atoms with Crippen LogP contribution in [0.15, 0.2) is 79.9 Å². The molecule has 0 saturated carbocycles. The van der Waals surface area contributed by atoms with Crippen LogP contribution in [0.5, 0.6) is 5.75 Å². The first-order valence-corrected chi connectivity index (χ1v) is 16.4. The first kappa shape index (κ1) is 31.9. The van der Waals surface area contributed by atoms with Gasteiger partial charge in [0.25, 0.3) is 5.91 Å². The van der Waals surface area contributed by atoms with Crippen molar-refractivity contribution in [2.75, 3.05) is 38.3 Å². The van der Waals surface area contributed by atoms with Gasteiger partial charge in [0.15, 0.2) is 0 Å². The zero-order valence-electron chi connectivity index (χ0n) is 25.5. The maximum Gasteiger partial charge on any atom is 0.251 e. The molecule has 1 spiro atoms. The minimum absolute atomic E-state index is 0.0276. The summed E-state index contributed by atoms with van der Waals surface area (Å²) in [4.78, 5) is 48.8. The monoisotopic (exact) mass is 617 g/mol. The van der Waals surface area contributed by atoms with Crippen LogP contribution in [0.2, 0.25) is 0 Å². The van der Waals surface area contributed by atoms with Gasteiger partial charge >= 0.3 is 0 Å². The van der Waals surface area contributed by atoms with Gasteiger partial charge in [-0.3, -0.25) is 14.4 Å². The van der Waals surface area contributed by atoms with Crippen molar-refractivity contribution in [1.29, 1.82) is 0 Å². The van der Waals surface area contributed by atoms with E-state index in [4.69, 9.17) is 4.74 Å². The van der Waals surface area contributed by atoms with Crippen LogP contribution in [0, 0.1) is 11.8 Å². The molecule has 2 aromatic rings. The lowest BCUT2D eigenvalue weighted by Gasteiger charge is -2.37. The highest BCUT2D eigenvalue weighted by molar-refractivity contribution is 8.02. The summed E-state index contributed by atoms with van der Waals surface area (Å²) in [5.74, 6) is -0.691.